The molecule has 0 aliphatic rings. The van der Waals surface area contributed by atoms with Gasteiger partial charge in [0.1, 0.15) is 18.2 Å². The first-order valence-corrected chi connectivity index (χ1v) is 6.99. The van der Waals surface area contributed by atoms with Crippen molar-refractivity contribution in [3.63, 3.8) is 0 Å². The van der Waals surface area contributed by atoms with Crippen LogP contribution in [0.2, 0.25) is 0 Å². The molecule has 0 saturated carbocycles. The molecule has 0 atom stereocenters. The molecule has 5 heteroatoms. The van der Waals surface area contributed by atoms with Gasteiger partial charge in [0.2, 0.25) is 0 Å². The molecule has 0 spiro atoms. The van der Waals surface area contributed by atoms with Gasteiger partial charge in [-0.3, -0.25) is 0 Å². The largest absolute Gasteiger partial charge is 0.374 e. The SMILES string of the molecule is CCOCc1nc(NC)cc(N(CC)CC(C)C)n1. The summed E-state index contributed by atoms with van der Waals surface area (Å²) in [6.45, 7) is 11.6. The molecule has 1 aromatic heterocycles. The lowest BCUT2D eigenvalue weighted by Gasteiger charge is -2.24. The Morgan fingerprint density at radius 1 is 1.32 bits per heavy atom. The average Bonchev–Trinajstić information content (AvgIpc) is 2.41. The van der Waals surface area contributed by atoms with Crippen molar-refractivity contribution in [2.24, 2.45) is 5.92 Å². The predicted molar refractivity (Wildman–Crippen MR) is 79.6 cm³/mol. The lowest BCUT2D eigenvalue weighted by atomic mass is 10.2. The third-order valence-corrected chi connectivity index (χ3v) is 2.74. The van der Waals surface area contributed by atoms with E-state index in [-0.39, 0.29) is 0 Å². The summed E-state index contributed by atoms with van der Waals surface area (Å²) in [5, 5.41) is 3.08. The van der Waals surface area contributed by atoms with Crippen molar-refractivity contribution < 1.29 is 4.74 Å². The molecule has 1 aromatic rings. The zero-order valence-corrected chi connectivity index (χ0v) is 12.7. The van der Waals surface area contributed by atoms with E-state index < -0.39 is 0 Å². The summed E-state index contributed by atoms with van der Waals surface area (Å²) in [6, 6.07) is 1.99. The van der Waals surface area contributed by atoms with Gasteiger partial charge in [-0.25, -0.2) is 9.97 Å². The summed E-state index contributed by atoms with van der Waals surface area (Å²) >= 11 is 0. The molecule has 5 nitrogen and oxygen atoms in total. The third kappa shape index (κ3) is 5.03. The van der Waals surface area contributed by atoms with E-state index in [0.717, 1.165) is 30.5 Å². The number of anilines is 2. The first-order chi connectivity index (χ1) is 9.10. The van der Waals surface area contributed by atoms with Crippen LogP contribution >= 0.6 is 0 Å². The summed E-state index contributed by atoms with van der Waals surface area (Å²) in [7, 11) is 1.87. The van der Waals surface area contributed by atoms with Gasteiger partial charge in [-0.1, -0.05) is 13.8 Å². The monoisotopic (exact) mass is 266 g/mol. The number of aromatic nitrogens is 2. The van der Waals surface area contributed by atoms with Crippen LogP contribution in [0.5, 0.6) is 0 Å². The molecule has 0 unspecified atom stereocenters. The minimum atomic E-state index is 0.457. The van der Waals surface area contributed by atoms with Crippen molar-refractivity contribution in [3.05, 3.63) is 11.9 Å². The highest BCUT2D eigenvalue weighted by atomic mass is 16.5. The fraction of sp³-hybridized carbons (Fsp3) is 0.714. The second-order valence-electron chi connectivity index (χ2n) is 4.85. The topological polar surface area (TPSA) is 50.3 Å². The van der Waals surface area contributed by atoms with Gasteiger partial charge >= 0.3 is 0 Å². The Morgan fingerprint density at radius 2 is 2.05 bits per heavy atom. The van der Waals surface area contributed by atoms with Crippen molar-refractivity contribution in [3.8, 4) is 0 Å². The lowest BCUT2D eigenvalue weighted by Crippen LogP contribution is -2.28. The molecule has 0 aliphatic heterocycles. The average molecular weight is 266 g/mol. The molecule has 0 saturated heterocycles. The maximum atomic E-state index is 5.40. The number of nitrogens with one attached hydrogen (secondary N) is 1. The van der Waals surface area contributed by atoms with Gasteiger partial charge in [-0.2, -0.15) is 0 Å². The highest BCUT2D eigenvalue weighted by molar-refractivity contribution is 5.49. The second-order valence-corrected chi connectivity index (χ2v) is 4.85. The molecule has 0 fully saturated rings. The molecule has 1 N–H and O–H groups in total. The Balaban J connectivity index is 2.96. The van der Waals surface area contributed by atoms with E-state index in [1.165, 1.54) is 0 Å². The van der Waals surface area contributed by atoms with Crippen LogP contribution in [0.15, 0.2) is 6.07 Å². The van der Waals surface area contributed by atoms with E-state index in [1.807, 2.05) is 20.0 Å². The zero-order valence-electron chi connectivity index (χ0n) is 12.7. The summed E-state index contributed by atoms with van der Waals surface area (Å²) in [6.07, 6.45) is 0. The van der Waals surface area contributed by atoms with Crippen molar-refractivity contribution in [2.75, 3.05) is 37.0 Å². The van der Waals surface area contributed by atoms with Crippen molar-refractivity contribution in [1.82, 2.24) is 9.97 Å². The van der Waals surface area contributed by atoms with Crippen LogP contribution in [0.4, 0.5) is 11.6 Å². The maximum absolute atomic E-state index is 5.40. The van der Waals surface area contributed by atoms with Crippen LogP contribution in [0.3, 0.4) is 0 Å². The number of hydrogen-bond donors (Lipinski definition) is 1. The van der Waals surface area contributed by atoms with E-state index in [4.69, 9.17) is 4.74 Å². The molecule has 1 rings (SSSR count). The number of nitrogens with zero attached hydrogens (tertiary/aromatic N) is 3. The Bertz CT molecular complexity index is 382. The molecule has 0 aliphatic carbocycles. The molecule has 0 radical (unpaired) electrons. The van der Waals surface area contributed by atoms with E-state index in [9.17, 15) is 0 Å². The molecule has 0 aromatic carbocycles. The molecular formula is C14H26N4O. The van der Waals surface area contributed by atoms with E-state index in [2.05, 4.69) is 41.0 Å². The van der Waals surface area contributed by atoms with Gasteiger partial charge in [-0.15, -0.1) is 0 Å². The first kappa shape index (κ1) is 15.7. The second kappa shape index (κ2) is 7.94. The van der Waals surface area contributed by atoms with E-state index in [1.54, 1.807) is 0 Å². The van der Waals surface area contributed by atoms with Crippen LogP contribution in [0, 0.1) is 5.92 Å². The molecule has 0 amide bonds. The quantitative estimate of drug-likeness (QED) is 0.783. The highest BCUT2D eigenvalue weighted by Gasteiger charge is 2.11. The van der Waals surface area contributed by atoms with Gasteiger partial charge in [-0.05, 0) is 19.8 Å². The van der Waals surface area contributed by atoms with Crippen molar-refractivity contribution in [1.29, 1.82) is 0 Å². The van der Waals surface area contributed by atoms with Gasteiger partial charge < -0.3 is 15.0 Å². The van der Waals surface area contributed by atoms with Crippen LogP contribution in [0.25, 0.3) is 0 Å². The Hall–Kier alpha value is -1.36. The lowest BCUT2D eigenvalue weighted by molar-refractivity contribution is 0.128. The normalized spacial score (nSPS) is 10.8. The van der Waals surface area contributed by atoms with Gasteiger partial charge in [0.15, 0.2) is 5.82 Å². The van der Waals surface area contributed by atoms with Gasteiger partial charge in [0.25, 0.3) is 0 Å². The summed E-state index contributed by atoms with van der Waals surface area (Å²) in [5.74, 6) is 3.13. The predicted octanol–water partition coefficient (Wildman–Crippen LogP) is 2.54. The third-order valence-electron chi connectivity index (χ3n) is 2.74. The van der Waals surface area contributed by atoms with Crippen LogP contribution < -0.4 is 10.2 Å². The van der Waals surface area contributed by atoms with Crippen LogP contribution in [0.1, 0.15) is 33.5 Å². The van der Waals surface area contributed by atoms with E-state index in [0.29, 0.717) is 19.1 Å². The molecule has 1 heterocycles. The minimum Gasteiger partial charge on any atom is -0.374 e. The summed E-state index contributed by atoms with van der Waals surface area (Å²) < 4.78 is 5.40. The highest BCUT2D eigenvalue weighted by Crippen LogP contribution is 2.17. The van der Waals surface area contributed by atoms with Crippen molar-refractivity contribution in [2.45, 2.75) is 34.3 Å². The zero-order chi connectivity index (χ0) is 14.3. The number of hydrogen-bond acceptors (Lipinski definition) is 5. The maximum Gasteiger partial charge on any atom is 0.158 e. The Labute approximate surface area is 116 Å². The molecule has 0 bridgehead atoms. The standard InChI is InChI=1S/C14H26N4O/c1-6-18(9-11(3)4)14-8-12(15-5)16-13(17-14)10-19-7-2/h8,11H,6-7,9-10H2,1-5H3,(H,15,16,17). The molecule has 108 valence electrons. The number of ether oxygens (including phenoxy) is 1. The fourth-order valence-electron chi connectivity index (χ4n) is 1.86. The van der Waals surface area contributed by atoms with Gasteiger partial charge in [0.05, 0.1) is 0 Å². The minimum absolute atomic E-state index is 0.457. The Kier molecular flexibility index (Phi) is 6.56. The summed E-state index contributed by atoms with van der Waals surface area (Å²) in [5.41, 5.74) is 0. The summed E-state index contributed by atoms with van der Waals surface area (Å²) in [4.78, 5) is 11.3. The van der Waals surface area contributed by atoms with Crippen LogP contribution in [-0.4, -0.2) is 36.7 Å². The smallest absolute Gasteiger partial charge is 0.158 e. The molecule has 19 heavy (non-hydrogen) atoms. The van der Waals surface area contributed by atoms with Crippen LogP contribution in [-0.2, 0) is 11.3 Å². The number of rotatable bonds is 8. The van der Waals surface area contributed by atoms with Gasteiger partial charge in [0, 0.05) is 32.8 Å². The van der Waals surface area contributed by atoms with E-state index >= 15 is 0 Å². The Morgan fingerprint density at radius 3 is 2.58 bits per heavy atom. The molecular weight excluding hydrogens is 240 g/mol. The fourth-order valence-corrected chi connectivity index (χ4v) is 1.86. The first-order valence-electron chi connectivity index (χ1n) is 6.99. The van der Waals surface area contributed by atoms with Crippen molar-refractivity contribution >= 4 is 11.6 Å².